The van der Waals surface area contributed by atoms with Crippen LogP contribution in [-0.4, -0.2) is 37.5 Å². The highest BCUT2D eigenvalue weighted by Gasteiger charge is 2.19. The zero-order chi connectivity index (χ0) is 21.9. The van der Waals surface area contributed by atoms with Gasteiger partial charge >= 0.3 is 0 Å². The number of hydrogen-bond donors (Lipinski definition) is 2. The van der Waals surface area contributed by atoms with Gasteiger partial charge in [-0.05, 0) is 31.5 Å². The standard InChI is InChI=1S/C21H24N4O4S/c1-14-20(15(2)25(23-14)13-16-8-6-5-7-9-16)21(26)22-17-10-11-18(19(12-17)29-3)24-30(4,27)28/h5-12,24H,13H2,1-4H3,(H,22,26). The predicted octanol–water partition coefficient (Wildman–Crippen LogP) is 3.18. The monoisotopic (exact) mass is 428 g/mol. The first-order valence-corrected chi connectivity index (χ1v) is 11.1. The summed E-state index contributed by atoms with van der Waals surface area (Å²) < 4.78 is 32.4. The Bertz CT molecular complexity index is 1170. The van der Waals surface area contributed by atoms with Crippen molar-refractivity contribution < 1.29 is 17.9 Å². The van der Waals surface area contributed by atoms with E-state index < -0.39 is 10.0 Å². The molecule has 1 heterocycles. The molecule has 8 nitrogen and oxygen atoms in total. The normalized spacial score (nSPS) is 11.2. The number of anilines is 2. The second-order valence-corrected chi connectivity index (χ2v) is 8.68. The third-order valence-electron chi connectivity index (χ3n) is 4.54. The molecule has 0 aliphatic carbocycles. The van der Waals surface area contributed by atoms with Gasteiger partial charge < -0.3 is 10.1 Å². The molecule has 2 aromatic carbocycles. The Morgan fingerprint density at radius 3 is 2.47 bits per heavy atom. The highest BCUT2D eigenvalue weighted by molar-refractivity contribution is 7.92. The van der Waals surface area contributed by atoms with E-state index in [1.807, 2.05) is 37.3 Å². The first-order valence-electron chi connectivity index (χ1n) is 9.23. The third kappa shape index (κ3) is 4.98. The van der Waals surface area contributed by atoms with Crippen molar-refractivity contribution >= 4 is 27.3 Å². The van der Waals surface area contributed by atoms with Gasteiger partial charge in [-0.3, -0.25) is 14.2 Å². The molecular weight excluding hydrogens is 404 g/mol. The van der Waals surface area contributed by atoms with Gasteiger partial charge in [-0.2, -0.15) is 5.10 Å². The topological polar surface area (TPSA) is 102 Å². The Hall–Kier alpha value is -3.33. The van der Waals surface area contributed by atoms with E-state index in [1.165, 1.54) is 13.2 Å². The molecule has 0 radical (unpaired) electrons. The molecule has 1 aromatic heterocycles. The number of aryl methyl sites for hydroxylation is 1. The van der Waals surface area contributed by atoms with E-state index in [1.54, 1.807) is 23.7 Å². The van der Waals surface area contributed by atoms with E-state index in [4.69, 9.17) is 4.74 Å². The van der Waals surface area contributed by atoms with Crippen LogP contribution in [0.2, 0.25) is 0 Å². The van der Waals surface area contributed by atoms with E-state index in [0.29, 0.717) is 34.9 Å². The van der Waals surface area contributed by atoms with Crippen molar-refractivity contribution in [1.82, 2.24) is 9.78 Å². The Labute approximate surface area is 175 Å². The number of benzene rings is 2. The first-order chi connectivity index (χ1) is 14.2. The van der Waals surface area contributed by atoms with Crippen molar-refractivity contribution in [2.24, 2.45) is 0 Å². The van der Waals surface area contributed by atoms with Crippen molar-refractivity contribution in [3.05, 3.63) is 71.0 Å². The SMILES string of the molecule is COc1cc(NC(=O)c2c(C)nn(Cc3ccccc3)c2C)ccc1NS(C)(=O)=O. The number of aromatic nitrogens is 2. The van der Waals surface area contributed by atoms with Crippen LogP contribution in [0.1, 0.15) is 27.3 Å². The molecule has 3 aromatic rings. The summed E-state index contributed by atoms with van der Waals surface area (Å²) in [6.07, 6.45) is 1.06. The second kappa shape index (κ2) is 8.58. The number of hydrogen-bond acceptors (Lipinski definition) is 5. The predicted molar refractivity (Wildman–Crippen MR) is 117 cm³/mol. The molecule has 3 rings (SSSR count). The maximum absolute atomic E-state index is 12.9. The summed E-state index contributed by atoms with van der Waals surface area (Å²) in [5.41, 5.74) is 3.75. The van der Waals surface area contributed by atoms with Crippen LogP contribution >= 0.6 is 0 Å². The van der Waals surface area contributed by atoms with Crippen molar-refractivity contribution in [3.63, 3.8) is 0 Å². The van der Waals surface area contributed by atoms with Crippen molar-refractivity contribution in [1.29, 1.82) is 0 Å². The van der Waals surface area contributed by atoms with Crippen LogP contribution in [0.25, 0.3) is 0 Å². The van der Waals surface area contributed by atoms with Crippen LogP contribution in [0.15, 0.2) is 48.5 Å². The van der Waals surface area contributed by atoms with E-state index in [2.05, 4.69) is 15.1 Å². The van der Waals surface area contributed by atoms with Crippen LogP contribution in [0.5, 0.6) is 5.75 Å². The largest absolute Gasteiger partial charge is 0.494 e. The Balaban J connectivity index is 1.82. The van der Waals surface area contributed by atoms with Gasteiger partial charge in [-0.15, -0.1) is 0 Å². The number of carbonyl (C=O) groups excluding carboxylic acids is 1. The highest BCUT2D eigenvalue weighted by Crippen LogP contribution is 2.29. The summed E-state index contributed by atoms with van der Waals surface area (Å²) in [6, 6.07) is 14.6. The first kappa shape index (κ1) is 21.4. The molecule has 0 aliphatic rings. The number of nitrogens with one attached hydrogen (secondary N) is 2. The lowest BCUT2D eigenvalue weighted by Gasteiger charge is -2.12. The number of methoxy groups -OCH3 is 1. The zero-order valence-corrected chi connectivity index (χ0v) is 18.1. The summed E-state index contributed by atoms with van der Waals surface area (Å²) in [5.74, 6) is 0.00151. The van der Waals surface area contributed by atoms with Crippen LogP contribution in [0, 0.1) is 13.8 Å². The molecule has 0 atom stereocenters. The number of carbonyl (C=O) groups is 1. The molecule has 0 saturated carbocycles. The number of rotatable bonds is 7. The number of sulfonamides is 1. The number of ether oxygens (including phenoxy) is 1. The Morgan fingerprint density at radius 1 is 1.13 bits per heavy atom. The quantitative estimate of drug-likeness (QED) is 0.602. The van der Waals surface area contributed by atoms with Crippen molar-refractivity contribution in [3.8, 4) is 5.75 Å². The van der Waals surface area contributed by atoms with E-state index >= 15 is 0 Å². The minimum Gasteiger partial charge on any atom is -0.494 e. The fourth-order valence-corrected chi connectivity index (χ4v) is 3.75. The fraction of sp³-hybridized carbons (Fsp3) is 0.238. The average Bonchev–Trinajstić information content (AvgIpc) is 2.96. The molecule has 1 amide bonds. The maximum atomic E-state index is 12.9. The molecule has 0 unspecified atom stereocenters. The van der Waals surface area contributed by atoms with Crippen molar-refractivity contribution in [2.75, 3.05) is 23.4 Å². The summed E-state index contributed by atoms with van der Waals surface area (Å²) >= 11 is 0. The summed E-state index contributed by atoms with van der Waals surface area (Å²) in [7, 11) is -2.02. The lowest BCUT2D eigenvalue weighted by molar-refractivity contribution is 0.102. The van der Waals surface area contributed by atoms with Gasteiger partial charge in [0.2, 0.25) is 10.0 Å². The van der Waals surface area contributed by atoms with Gasteiger partial charge in [0, 0.05) is 17.4 Å². The lowest BCUT2D eigenvalue weighted by atomic mass is 10.1. The van der Waals surface area contributed by atoms with Gasteiger partial charge in [0.25, 0.3) is 5.91 Å². The maximum Gasteiger partial charge on any atom is 0.259 e. The molecule has 30 heavy (non-hydrogen) atoms. The second-order valence-electron chi connectivity index (χ2n) is 6.93. The Kier molecular flexibility index (Phi) is 6.12. The third-order valence-corrected chi connectivity index (χ3v) is 5.13. The minimum atomic E-state index is -3.45. The van der Waals surface area contributed by atoms with Gasteiger partial charge in [-0.25, -0.2) is 8.42 Å². The number of nitrogens with zero attached hydrogens (tertiary/aromatic N) is 2. The van der Waals surface area contributed by atoms with Gasteiger partial charge in [0.1, 0.15) is 5.75 Å². The van der Waals surface area contributed by atoms with E-state index in [0.717, 1.165) is 17.5 Å². The molecule has 0 bridgehead atoms. The van der Waals surface area contributed by atoms with Gasteiger partial charge in [-0.1, -0.05) is 30.3 Å². The zero-order valence-electron chi connectivity index (χ0n) is 17.3. The van der Waals surface area contributed by atoms with Crippen LogP contribution in [-0.2, 0) is 16.6 Å². The molecule has 158 valence electrons. The molecule has 9 heteroatoms. The lowest BCUT2D eigenvalue weighted by Crippen LogP contribution is -2.15. The summed E-state index contributed by atoms with van der Waals surface area (Å²) in [4.78, 5) is 12.9. The Morgan fingerprint density at radius 2 is 1.83 bits per heavy atom. The van der Waals surface area contributed by atoms with E-state index in [-0.39, 0.29) is 5.91 Å². The molecule has 2 N–H and O–H groups in total. The van der Waals surface area contributed by atoms with E-state index in [9.17, 15) is 13.2 Å². The van der Waals surface area contributed by atoms with Gasteiger partial charge in [0.15, 0.2) is 0 Å². The molecule has 0 spiro atoms. The fourth-order valence-electron chi connectivity index (χ4n) is 3.18. The van der Waals surface area contributed by atoms with Gasteiger partial charge in [0.05, 0.1) is 36.9 Å². The molecule has 0 aliphatic heterocycles. The molecule has 0 saturated heterocycles. The highest BCUT2D eigenvalue weighted by atomic mass is 32.2. The van der Waals surface area contributed by atoms with Crippen LogP contribution in [0.3, 0.4) is 0 Å². The van der Waals surface area contributed by atoms with Crippen LogP contribution in [0.4, 0.5) is 11.4 Å². The molecule has 0 fully saturated rings. The molecular formula is C21H24N4O4S. The van der Waals surface area contributed by atoms with Crippen molar-refractivity contribution in [2.45, 2.75) is 20.4 Å². The minimum absolute atomic E-state index is 0.293. The average molecular weight is 429 g/mol. The summed E-state index contributed by atoms with van der Waals surface area (Å²) in [5, 5.41) is 7.34. The smallest absolute Gasteiger partial charge is 0.259 e. The number of amides is 1. The summed E-state index contributed by atoms with van der Waals surface area (Å²) in [6.45, 7) is 4.22. The van der Waals surface area contributed by atoms with Crippen LogP contribution < -0.4 is 14.8 Å².